The molecule has 0 spiro atoms. The van der Waals surface area contributed by atoms with Crippen molar-refractivity contribution >= 4 is 39.2 Å². The third kappa shape index (κ3) is 5.85. The number of amides is 1. The van der Waals surface area contributed by atoms with Gasteiger partial charge < -0.3 is 24.3 Å². The fourth-order valence-electron chi connectivity index (χ4n) is 3.95. The lowest BCUT2D eigenvalue weighted by Gasteiger charge is -2.31. The van der Waals surface area contributed by atoms with Crippen LogP contribution in [0.3, 0.4) is 0 Å². The molecule has 1 aliphatic heterocycles. The van der Waals surface area contributed by atoms with Gasteiger partial charge in [-0.25, -0.2) is 13.2 Å². The quantitative estimate of drug-likeness (QED) is 0.479. The van der Waals surface area contributed by atoms with Gasteiger partial charge in [0, 0.05) is 36.2 Å². The molecule has 1 N–H and O–H groups in total. The van der Waals surface area contributed by atoms with Gasteiger partial charge in [-0.15, -0.1) is 0 Å². The zero-order valence-electron chi connectivity index (χ0n) is 20.5. The van der Waals surface area contributed by atoms with Gasteiger partial charge in [-0.1, -0.05) is 11.6 Å². The summed E-state index contributed by atoms with van der Waals surface area (Å²) in [6.45, 7) is 2.33. The Morgan fingerprint density at radius 3 is 2.25 bits per heavy atom. The van der Waals surface area contributed by atoms with E-state index < -0.39 is 21.9 Å². The molecule has 1 heterocycles. The molecule has 1 fully saturated rings. The zero-order valence-corrected chi connectivity index (χ0v) is 22.1. The second kappa shape index (κ2) is 11.8. The fourth-order valence-corrected chi connectivity index (χ4v) is 5.82. The number of esters is 1. The van der Waals surface area contributed by atoms with Gasteiger partial charge in [0.2, 0.25) is 15.9 Å². The second-order valence-corrected chi connectivity index (χ2v) is 10.3. The Hall–Kier alpha value is -3.02. The predicted octanol–water partition coefficient (Wildman–Crippen LogP) is 3.58. The van der Waals surface area contributed by atoms with Gasteiger partial charge in [0.05, 0.1) is 39.2 Å². The van der Waals surface area contributed by atoms with Crippen LogP contribution in [0, 0.1) is 5.92 Å². The fraction of sp³-hybridized carbons (Fsp3) is 0.417. The van der Waals surface area contributed by atoms with Gasteiger partial charge in [0.1, 0.15) is 10.6 Å². The summed E-state index contributed by atoms with van der Waals surface area (Å²) in [7, 11) is 0.220. The van der Waals surface area contributed by atoms with Crippen molar-refractivity contribution in [1.82, 2.24) is 4.31 Å². The number of sulfonamides is 1. The number of anilines is 1. The van der Waals surface area contributed by atoms with E-state index in [0.29, 0.717) is 18.1 Å². The van der Waals surface area contributed by atoms with Crippen molar-refractivity contribution < 1.29 is 37.0 Å². The highest BCUT2D eigenvalue weighted by molar-refractivity contribution is 7.89. The number of carbonyl (C=O) groups is 2. The average molecular weight is 541 g/mol. The first-order chi connectivity index (χ1) is 17.2. The molecule has 36 heavy (non-hydrogen) atoms. The number of methoxy groups -OCH3 is 3. The topological polar surface area (TPSA) is 120 Å². The van der Waals surface area contributed by atoms with Crippen LogP contribution in [0.1, 0.15) is 30.1 Å². The minimum Gasteiger partial charge on any atom is -0.493 e. The highest BCUT2D eigenvalue weighted by Gasteiger charge is 2.34. The maximum absolute atomic E-state index is 13.3. The number of benzene rings is 2. The molecule has 196 valence electrons. The van der Waals surface area contributed by atoms with Gasteiger partial charge in [-0.3, -0.25) is 4.79 Å². The number of hydrogen-bond donors (Lipinski definition) is 1. The van der Waals surface area contributed by atoms with Crippen molar-refractivity contribution in [2.75, 3.05) is 46.3 Å². The molecule has 1 saturated heterocycles. The molecule has 0 radical (unpaired) electrons. The second-order valence-electron chi connectivity index (χ2n) is 7.94. The summed E-state index contributed by atoms with van der Waals surface area (Å²) in [5.41, 5.74) is 0.313. The van der Waals surface area contributed by atoms with Gasteiger partial charge in [-0.05, 0) is 38.0 Å². The number of rotatable bonds is 9. The summed E-state index contributed by atoms with van der Waals surface area (Å²) in [6, 6.07) is 7.37. The summed E-state index contributed by atoms with van der Waals surface area (Å²) in [5.74, 6) is -0.609. The molecule has 1 aliphatic rings. The van der Waals surface area contributed by atoms with Crippen molar-refractivity contribution in [2.24, 2.45) is 5.92 Å². The molecule has 12 heteroatoms. The van der Waals surface area contributed by atoms with Crippen LogP contribution in [0.4, 0.5) is 5.69 Å². The number of carbonyl (C=O) groups excluding carboxylic acids is 2. The first-order valence-electron chi connectivity index (χ1n) is 11.2. The van der Waals surface area contributed by atoms with Crippen LogP contribution < -0.4 is 19.5 Å². The van der Waals surface area contributed by atoms with E-state index in [0.717, 1.165) is 0 Å². The molecular weight excluding hydrogens is 512 g/mol. The normalized spacial score (nSPS) is 14.7. The van der Waals surface area contributed by atoms with E-state index in [1.807, 2.05) is 0 Å². The molecule has 1 amide bonds. The summed E-state index contributed by atoms with van der Waals surface area (Å²) >= 11 is 6.05. The van der Waals surface area contributed by atoms with Crippen LogP contribution in [-0.2, 0) is 19.6 Å². The molecular formula is C24H29ClN2O8S. The van der Waals surface area contributed by atoms with E-state index in [2.05, 4.69) is 5.32 Å². The van der Waals surface area contributed by atoms with Crippen molar-refractivity contribution in [3.05, 3.63) is 40.9 Å². The molecule has 0 unspecified atom stereocenters. The van der Waals surface area contributed by atoms with E-state index >= 15 is 0 Å². The lowest BCUT2D eigenvalue weighted by atomic mass is 9.97. The molecule has 10 nitrogen and oxygen atoms in total. The van der Waals surface area contributed by atoms with Crippen LogP contribution in [-0.4, -0.2) is 65.6 Å². The van der Waals surface area contributed by atoms with E-state index in [-0.39, 0.29) is 58.8 Å². The third-order valence-electron chi connectivity index (χ3n) is 5.84. The van der Waals surface area contributed by atoms with Crippen LogP contribution in [0.15, 0.2) is 35.2 Å². The Morgan fingerprint density at radius 1 is 1.03 bits per heavy atom. The maximum atomic E-state index is 13.3. The van der Waals surface area contributed by atoms with Gasteiger partial charge >= 0.3 is 5.97 Å². The lowest BCUT2D eigenvalue weighted by molar-refractivity contribution is -0.120. The monoisotopic (exact) mass is 540 g/mol. The highest BCUT2D eigenvalue weighted by atomic mass is 35.5. The van der Waals surface area contributed by atoms with E-state index in [1.165, 1.54) is 49.9 Å². The lowest BCUT2D eigenvalue weighted by Crippen LogP contribution is -2.41. The number of hydrogen-bond acceptors (Lipinski definition) is 8. The summed E-state index contributed by atoms with van der Waals surface area (Å²) in [4.78, 5) is 25.3. The Kier molecular flexibility index (Phi) is 9.04. The van der Waals surface area contributed by atoms with Crippen LogP contribution >= 0.6 is 11.6 Å². The molecule has 3 rings (SSSR count). The molecule has 0 bridgehead atoms. The van der Waals surface area contributed by atoms with Crippen LogP contribution in [0.2, 0.25) is 5.02 Å². The zero-order chi connectivity index (χ0) is 26.5. The van der Waals surface area contributed by atoms with Crippen LogP contribution in [0.5, 0.6) is 17.2 Å². The Balaban J connectivity index is 1.76. The van der Waals surface area contributed by atoms with Crippen molar-refractivity contribution in [2.45, 2.75) is 24.7 Å². The number of nitrogens with one attached hydrogen (secondary N) is 1. The Morgan fingerprint density at radius 2 is 1.67 bits per heavy atom. The summed E-state index contributed by atoms with van der Waals surface area (Å²) in [6.07, 6.45) is 0.576. The van der Waals surface area contributed by atoms with E-state index in [4.69, 9.17) is 30.5 Å². The van der Waals surface area contributed by atoms with E-state index in [1.54, 1.807) is 13.0 Å². The molecule has 0 aromatic heterocycles. The smallest absolute Gasteiger partial charge is 0.340 e. The van der Waals surface area contributed by atoms with Gasteiger partial charge in [0.25, 0.3) is 0 Å². The Bertz CT molecular complexity index is 1230. The molecule has 0 atom stereocenters. The standard InChI is InChI=1S/C24H29ClN2O8S/c1-5-35-19-7-6-16(25)12-22(19)36(30,31)27-10-8-15(9-11-27)23(28)26-18-14-21(33-3)20(32-2)13-17(18)24(29)34-4/h6-7,12-15H,5,8-11H2,1-4H3,(H,26,28). The number of piperidine rings is 1. The largest absolute Gasteiger partial charge is 0.493 e. The van der Waals surface area contributed by atoms with Crippen LogP contribution in [0.25, 0.3) is 0 Å². The molecule has 2 aromatic carbocycles. The minimum atomic E-state index is -3.88. The summed E-state index contributed by atoms with van der Waals surface area (Å²) in [5, 5.41) is 3.04. The minimum absolute atomic E-state index is 0.00667. The molecule has 0 aliphatic carbocycles. The summed E-state index contributed by atoms with van der Waals surface area (Å²) < 4.78 is 48.7. The number of nitrogens with zero attached hydrogens (tertiary/aromatic N) is 1. The van der Waals surface area contributed by atoms with Crippen molar-refractivity contribution in [1.29, 1.82) is 0 Å². The first kappa shape index (κ1) is 27.6. The van der Waals surface area contributed by atoms with Gasteiger partial charge in [0.15, 0.2) is 11.5 Å². The maximum Gasteiger partial charge on any atom is 0.340 e. The number of ether oxygens (including phenoxy) is 4. The predicted molar refractivity (Wildman–Crippen MR) is 134 cm³/mol. The third-order valence-corrected chi connectivity index (χ3v) is 7.99. The number of halogens is 1. The Labute approximate surface area is 215 Å². The van der Waals surface area contributed by atoms with Gasteiger partial charge in [-0.2, -0.15) is 4.31 Å². The first-order valence-corrected chi connectivity index (χ1v) is 13.1. The van der Waals surface area contributed by atoms with Crippen molar-refractivity contribution in [3.8, 4) is 17.2 Å². The molecule has 0 saturated carbocycles. The SMILES string of the molecule is CCOc1ccc(Cl)cc1S(=O)(=O)N1CCC(C(=O)Nc2cc(OC)c(OC)cc2C(=O)OC)CC1. The van der Waals surface area contributed by atoms with E-state index in [9.17, 15) is 18.0 Å². The molecule has 2 aromatic rings. The average Bonchev–Trinajstić information content (AvgIpc) is 2.89. The highest BCUT2D eigenvalue weighted by Crippen LogP contribution is 2.35. The van der Waals surface area contributed by atoms with Crippen molar-refractivity contribution in [3.63, 3.8) is 0 Å².